The summed E-state index contributed by atoms with van der Waals surface area (Å²) in [6.07, 6.45) is -1.91. The van der Waals surface area contributed by atoms with E-state index in [0.717, 1.165) is 11.6 Å². The highest BCUT2D eigenvalue weighted by Crippen LogP contribution is 2.40. The number of carbonyl (C=O) groups is 1. The van der Waals surface area contributed by atoms with Crippen molar-refractivity contribution in [3.63, 3.8) is 0 Å². The fourth-order valence-corrected chi connectivity index (χ4v) is 3.51. The number of aromatic nitrogens is 1. The zero-order valence-electron chi connectivity index (χ0n) is 14.2. The van der Waals surface area contributed by atoms with Gasteiger partial charge in [-0.15, -0.1) is 0 Å². The summed E-state index contributed by atoms with van der Waals surface area (Å²) in [6.45, 7) is 2.24. The van der Waals surface area contributed by atoms with Crippen LogP contribution in [0, 0.1) is 6.92 Å². The van der Waals surface area contributed by atoms with Crippen LogP contribution in [0.1, 0.15) is 41.3 Å². The van der Waals surface area contributed by atoms with E-state index in [0.29, 0.717) is 25.1 Å². The summed E-state index contributed by atoms with van der Waals surface area (Å²) in [5.41, 5.74) is 0.571. The number of likely N-dealkylation sites (tertiary alicyclic amines) is 1. The van der Waals surface area contributed by atoms with Gasteiger partial charge in [-0.1, -0.05) is 24.3 Å². The Balaban J connectivity index is 2.16. The minimum atomic E-state index is -4.53. The molecule has 1 saturated heterocycles. The fourth-order valence-electron chi connectivity index (χ4n) is 3.51. The van der Waals surface area contributed by atoms with Gasteiger partial charge in [-0.05, 0) is 43.0 Å². The summed E-state index contributed by atoms with van der Waals surface area (Å²) >= 11 is 0. The van der Waals surface area contributed by atoms with Crippen LogP contribution < -0.4 is 0 Å². The quantitative estimate of drug-likeness (QED) is 0.889. The Morgan fingerprint density at radius 3 is 2.62 bits per heavy atom. The van der Waals surface area contributed by atoms with Crippen LogP contribution in [0.3, 0.4) is 0 Å². The lowest BCUT2D eigenvalue weighted by Crippen LogP contribution is -2.40. The van der Waals surface area contributed by atoms with Crippen molar-refractivity contribution in [1.29, 1.82) is 0 Å². The smallest absolute Gasteiger partial charge is 0.416 e. The molecule has 2 heterocycles. The number of halogens is 3. The van der Waals surface area contributed by atoms with Crippen LogP contribution in [0.4, 0.5) is 13.2 Å². The molecule has 1 aromatic heterocycles. The molecule has 0 aliphatic carbocycles. The third kappa shape index (κ3) is 3.58. The molecule has 2 atom stereocenters. The lowest BCUT2D eigenvalue weighted by Gasteiger charge is -2.32. The third-order valence-electron chi connectivity index (χ3n) is 4.69. The second-order valence-electron chi connectivity index (χ2n) is 6.48. The van der Waals surface area contributed by atoms with Crippen LogP contribution in [0.15, 0.2) is 42.6 Å². The van der Waals surface area contributed by atoms with Crippen LogP contribution in [0.2, 0.25) is 0 Å². The maximum Gasteiger partial charge on any atom is 0.416 e. The topological polar surface area (TPSA) is 53.4 Å². The monoisotopic (exact) mass is 364 g/mol. The van der Waals surface area contributed by atoms with Crippen molar-refractivity contribution < 1.29 is 23.1 Å². The van der Waals surface area contributed by atoms with Gasteiger partial charge in [0.1, 0.15) is 6.04 Å². The molecule has 4 nitrogen and oxygen atoms in total. The number of hydrogen-bond acceptors (Lipinski definition) is 3. The average Bonchev–Trinajstić information content (AvgIpc) is 3.06. The Hall–Kier alpha value is -2.41. The van der Waals surface area contributed by atoms with E-state index in [1.807, 2.05) is 6.92 Å². The first-order chi connectivity index (χ1) is 12.3. The Labute approximate surface area is 149 Å². The first-order valence-corrected chi connectivity index (χ1v) is 8.36. The molecule has 0 spiro atoms. The van der Waals surface area contributed by atoms with Gasteiger partial charge in [0.25, 0.3) is 0 Å². The van der Waals surface area contributed by atoms with Gasteiger partial charge in [-0.25, -0.2) is 0 Å². The van der Waals surface area contributed by atoms with E-state index in [4.69, 9.17) is 0 Å². The fraction of sp³-hybridized carbons (Fsp3) is 0.368. The summed E-state index contributed by atoms with van der Waals surface area (Å²) in [4.78, 5) is 17.6. The number of aliphatic carboxylic acids is 1. The number of rotatable bonds is 4. The minimum Gasteiger partial charge on any atom is -0.480 e. The van der Waals surface area contributed by atoms with Crippen molar-refractivity contribution in [3.05, 3.63) is 65.0 Å². The number of benzene rings is 1. The number of carboxylic acid groups (broad SMARTS) is 1. The van der Waals surface area contributed by atoms with Gasteiger partial charge in [0.15, 0.2) is 0 Å². The second-order valence-corrected chi connectivity index (χ2v) is 6.48. The van der Waals surface area contributed by atoms with Gasteiger partial charge in [-0.2, -0.15) is 13.2 Å². The summed E-state index contributed by atoms with van der Waals surface area (Å²) < 4.78 is 40.7. The SMILES string of the molecule is Cc1ccc(C(c2ccccc2C(F)(F)F)N2CCCC2C(=O)O)nc1. The summed E-state index contributed by atoms with van der Waals surface area (Å²) in [5, 5.41) is 9.52. The Kier molecular flexibility index (Phi) is 5.00. The number of nitrogens with zero attached hydrogens (tertiary/aromatic N) is 2. The highest BCUT2D eigenvalue weighted by molar-refractivity contribution is 5.74. The van der Waals surface area contributed by atoms with Crippen LogP contribution >= 0.6 is 0 Å². The van der Waals surface area contributed by atoms with E-state index < -0.39 is 29.8 Å². The molecule has 1 aliphatic heterocycles. The molecule has 2 unspecified atom stereocenters. The zero-order valence-corrected chi connectivity index (χ0v) is 14.2. The predicted molar refractivity (Wildman–Crippen MR) is 89.6 cm³/mol. The molecule has 0 bridgehead atoms. The maximum absolute atomic E-state index is 13.6. The zero-order chi connectivity index (χ0) is 18.9. The minimum absolute atomic E-state index is 0.0319. The van der Waals surface area contributed by atoms with Gasteiger partial charge < -0.3 is 5.11 Å². The summed E-state index contributed by atoms with van der Waals surface area (Å²) in [7, 11) is 0. The van der Waals surface area contributed by atoms with Crippen LogP contribution in [-0.4, -0.2) is 33.5 Å². The van der Waals surface area contributed by atoms with Crippen molar-refractivity contribution in [2.45, 2.75) is 38.0 Å². The van der Waals surface area contributed by atoms with Crippen molar-refractivity contribution in [3.8, 4) is 0 Å². The Morgan fingerprint density at radius 2 is 2.00 bits per heavy atom. The van der Waals surface area contributed by atoms with Crippen LogP contribution in [0.25, 0.3) is 0 Å². The molecule has 0 radical (unpaired) electrons. The molecule has 138 valence electrons. The van der Waals surface area contributed by atoms with E-state index >= 15 is 0 Å². The molecule has 1 fully saturated rings. The van der Waals surface area contributed by atoms with Crippen molar-refractivity contribution >= 4 is 5.97 Å². The lowest BCUT2D eigenvalue weighted by atomic mass is 9.94. The molecule has 1 aliphatic rings. The van der Waals surface area contributed by atoms with Gasteiger partial charge >= 0.3 is 12.1 Å². The molecule has 1 aromatic carbocycles. The first-order valence-electron chi connectivity index (χ1n) is 8.36. The number of pyridine rings is 1. The van der Waals surface area contributed by atoms with Crippen molar-refractivity contribution in [2.24, 2.45) is 0 Å². The van der Waals surface area contributed by atoms with Crippen LogP contribution in [-0.2, 0) is 11.0 Å². The number of aryl methyl sites for hydroxylation is 1. The predicted octanol–water partition coefficient (Wildman–Crippen LogP) is 4.05. The van der Waals surface area contributed by atoms with Crippen molar-refractivity contribution in [2.75, 3.05) is 6.54 Å². The van der Waals surface area contributed by atoms with Crippen LogP contribution in [0.5, 0.6) is 0 Å². The van der Waals surface area contributed by atoms with Gasteiger partial charge in [0, 0.05) is 12.7 Å². The van der Waals surface area contributed by atoms with Gasteiger partial charge in [0.2, 0.25) is 0 Å². The molecule has 0 saturated carbocycles. The number of carboxylic acids is 1. The molecule has 3 rings (SSSR count). The summed E-state index contributed by atoms with van der Waals surface area (Å²) in [6, 6.07) is 7.07. The second kappa shape index (κ2) is 7.07. The lowest BCUT2D eigenvalue weighted by molar-refractivity contribution is -0.143. The normalized spacial score (nSPS) is 19.5. The standard InChI is InChI=1S/C19H19F3N2O2/c1-12-8-9-15(23-11-12)17(24-10-4-7-16(24)18(25)26)13-5-2-3-6-14(13)19(20,21)22/h2-3,5-6,8-9,11,16-17H,4,7,10H2,1H3,(H,25,26). The molecule has 1 N–H and O–H groups in total. The average molecular weight is 364 g/mol. The van der Waals surface area contributed by atoms with Crippen molar-refractivity contribution in [1.82, 2.24) is 9.88 Å². The molecule has 0 amide bonds. The largest absolute Gasteiger partial charge is 0.480 e. The Morgan fingerprint density at radius 1 is 1.27 bits per heavy atom. The van der Waals surface area contributed by atoms with E-state index in [2.05, 4.69) is 4.98 Å². The van der Waals surface area contributed by atoms with Gasteiger partial charge in [-0.3, -0.25) is 14.7 Å². The van der Waals surface area contributed by atoms with E-state index in [9.17, 15) is 23.1 Å². The van der Waals surface area contributed by atoms with Gasteiger partial charge in [0.05, 0.1) is 17.3 Å². The molecular weight excluding hydrogens is 345 g/mol. The maximum atomic E-state index is 13.6. The third-order valence-corrected chi connectivity index (χ3v) is 4.69. The van der Waals surface area contributed by atoms with E-state index in [1.54, 1.807) is 23.2 Å². The Bertz CT molecular complexity index is 790. The molecule has 2 aromatic rings. The summed E-state index contributed by atoms with van der Waals surface area (Å²) in [5.74, 6) is -1.02. The number of hydrogen-bond donors (Lipinski definition) is 1. The van der Waals surface area contributed by atoms with E-state index in [-0.39, 0.29) is 5.56 Å². The molecule has 7 heteroatoms. The first kappa shape index (κ1) is 18.4. The highest BCUT2D eigenvalue weighted by atomic mass is 19.4. The number of alkyl halides is 3. The molecular formula is C19H19F3N2O2. The van der Waals surface area contributed by atoms with E-state index in [1.165, 1.54) is 18.2 Å². The molecule has 26 heavy (non-hydrogen) atoms. The highest BCUT2D eigenvalue weighted by Gasteiger charge is 2.42.